The Morgan fingerprint density at radius 3 is 2.52 bits per heavy atom. The van der Waals surface area contributed by atoms with Gasteiger partial charge in [0.1, 0.15) is 17.4 Å². The van der Waals surface area contributed by atoms with E-state index >= 15 is 0 Å². The van der Waals surface area contributed by atoms with Crippen molar-refractivity contribution >= 4 is 0 Å². The summed E-state index contributed by atoms with van der Waals surface area (Å²) in [5.74, 6) is 1.04. The summed E-state index contributed by atoms with van der Waals surface area (Å²) in [5.41, 5.74) is 2.50. The Kier molecular flexibility index (Phi) is 3.42. The third-order valence-electron chi connectivity index (χ3n) is 5.54. The maximum atomic E-state index is 6.60. The fourth-order valence-electron chi connectivity index (χ4n) is 4.48. The molecule has 1 spiro atoms. The predicted molar refractivity (Wildman–Crippen MR) is 98.7 cm³/mol. The number of benzene rings is 2. The minimum Gasteiger partial charge on any atom is -0.483 e. The fraction of sp³-hybridized carbons (Fsp3) is 0.273. The molecule has 0 aliphatic carbocycles. The molecule has 1 saturated heterocycles. The second-order valence-electron chi connectivity index (χ2n) is 7.18. The van der Waals surface area contributed by atoms with Crippen molar-refractivity contribution in [3.63, 3.8) is 0 Å². The van der Waals surface area contributed by atoms with E-state index in [1.165, 1.54) is 11.1 Å². The Labute approximate surface area is 148 Å². The average Bonchev–Trinajstić information content (AvgIpc) is 3.35. The Balaban J connectivity index is 1.47. The highest BCUT2D eigenvalue weighted by Gasteiger charge is 2.53. The van der Waals surface area contributed by atoms with E-state index in [2.05, 4.69) is 88.6 Å². The molecule has 3 heteroatoms. The van der Waals surface area contributed by atoms with Crippen LogP contribution in [-0.2, 0) is 6.54 Å². The lowest BCUT2D eigenvalue weighted by Crippen LogP contribution is -2.43. The van der Waals surface area contributed by atoms with Crippen LogP contribution in [0.4, 0.5) is 0 Å². The first kappa shape index (κ1) is 14.8. The molecule has 2 unspecified atom stereocenters. The van der Waals surface area contributed by atoms with E-state index in [0.717, 1.165) is 31.8 Å². The summed E-state index contributed by atoms with van der Waals surface area (Å²) >= 11 is 0. The third-order valence-corrected chi connectivity index (χ3v) is 5.54. The van der Waals surface area contributed by atoms with Gasteiger partial charge in [-0.05, 0) is 23.8 Å². The monoisotopic (exact) mass is 330 g/mol. The highest BCUT2D eigenvalue weighted by molar-refractivity contribution is 5.44. The second kappa shape index (κ2) is 5.78. The first-order valence-corrected chi connectivity index (χ1v) is 9.01. The summed E-state index contributed by atoms with van der Waals surface area (Å²) < 4.78 is 8.91. The van der Waals surface area contributed by atoms with Gasteiger partial charge in [-0.2, -0.15) is 0 Å². The minimum atomic E-state index is -0.169. The number of likely N-dealkylation sites (tertiary alicyclic amines) is 1. The van der Waals surface area contributed by atoms with Crippen molar-refractivity contribution in [3.05, 3.63) is 90.3 Å². The Bertz CT molecular complexity index is 859. The molecule has 1 aromatic heterocycles. The topological polar surface area (TPSA) is 17.4 Å². The molecule has 3 heterocycles. The Hall–Kier alpha value is -2.52. The van der Waals surface area contributed by atoms with Crippen molar-refractivity contribution in [1.82, 2.24) is 9.47 Å². The van der Waals surface area contributed by atoms with Gasteiger partial charge in [-0.25, -0.2) is 0 Å². The standard InChI is InChI=1S/C22H22N2O/c1-2-8-18(9-3-1)16-23-15-12-22(17-23)21(24-13-6-7-14-24)19-10-4-5-11-20(19)25-22/h1-11,13-14,21H,12,15-17H2. The van der Waals surface area contributed by atoms with E-state index in [0.29, 0.717) is 0 Å². The van der Waals surface area contributed by atoms with Crippen molar-refractivity contribution in [2.75, 3.05) is 13.1 Å². The number of hydrogen-bond donors (Lipinski definition) is 0. The van der Waals surface area contributed by atoms with E-state index in [4.69, 9.17) is 4.74 Å². The van der Waals surface area contributed by atoms with Gasteiger partial charge in [-0.1, -0.05) is 48.5 Å². The Morgan fingerprint density at radius 1 is 0.920 bits per heavy atom. The lowest BCUT2D eigenvalue weighted by molar-refractivity contribution is 0.0656. The van der Waals surface area contributed by atoms with Crippen LogP contribution >= 0.6 is 0 Å². The molecule has 3 nitrogen and oxygen atoms in total. The number of nitrogens with zero attached hydrogens (tertiary/aromatic N) is 2. The zero-order valence-corrected chi connectivity index (χ0v) is 14.2. The van der Waals surface area contributed by atoms with Gasteiger partial charge < -0.3 is 9.30 Å². The van der Waals surface area contributed by atoms with E-state index in [9.17, 15) is 0 Å². The molecule has 0 N–H and O–H groups in total. The van der Waals surface area contributed by atoms with E-state index < -0.39 is 0 Å². The van der Waals surface area contributed by atoms with Crippen molar-refractivity contribution in [3.8, 4) is 5.75 Å². The normalized spacial score (nSPS) is 25.2. The van der Waals surface area contributed by atoms with Crippen LogP contribution in [0.3, 0.4) is 0 Å². The summed E-state index contributed by atoms with van der Waals surface area (Å²) in [5, 5.41) is 0. The van der Waals surface area contributed by atoms with Crippen LogP contribution in [0.5, 0.6) is 5.75 Å². The maximum Gasteiger partial charge on any atom is 0.148 e. The van der Waals surface area contributed by atoms with Crippen molar-refractivity contribution < 1.29 is 4.74 Å². The molecular formula is C22H22N2O. The van der Waals surface area contributed by atoms with Gasteiger partial charge in [0.25, 0.3) is 0 Å². The molecule has 2 aliphatic rings. The molecule has 1 fully saturated rings. The van der Waals surface area contributed by atoms with Gasteiger partial charge in [0.2, 0.25) is 0 Å². The number of fused-ring (bicyclic) bond motifs is 1. The van der Waals surface area contributed by atoms with E-state index in [1.807, 2.05) is 0 Å². The third kappa shape index (κ3) is 2.47. The molecule has 0 radical (unpaired) electrons. The van der Waals surface area contributed by atoms with Crippen molar-refractivity contribution in [2.45, 2.75) is 24.6 Å². The highest BCUT2D eigenvalue weighted by atomic mass is 16.5. The second-order valence-corrected chi connectivity index (χ2v) is 7.18. The van der Waals surface area contributed by atoms with Crippen molar-refractivity contribution in [2.24, 2.45) is 0 Å². The molecule has 0 amide bonds. The van der Waals surface area contributed by atoms with Crippen LogP contribution in [0, 0.1) is 0 Å². The lowest BCUT2D eigenvalue weighted by Gasteiger charge is -2.32. The first-order valence-electron chi connectivity index (χ1n) is 9.01. The zero-order valence-electron chi connectivity index (χ0n) is 14.2. The maximum absolute atomic E-state index is 6.60. The van der Waals surface area contributed by atoms with Gasteiger partial charge in [0.05, 0.1) is 0 Å². The average molecular weight is 330 g/mol. The number of rotatable bonds is 3. The van der Waals surface area contributed by atoms with Crippen LogP contribution in [0.2, 0.25) is 0 Å². The molecular weight excluding hydrogens is 308 g/mol. The molecule has 2 atom stereocenters. The SMILES string of the molecule is c1ccc(CN2CCC3(C2)Oc2ccccc2C3n2cccc2)cc1. The molecule has 2 aliphatic heterocycles. The number of ether oxygens (including phenoxy) is 1. The van der Waals surface area contributed by atoms with Gasteiger partial charge in [-0.3, -0.25) is 4.90 Å². The quantitative estimate of drug-likeness (QED) is 0.719. The van der Waals surface area contributed by atoms with E-state index in [1.54, 1.807) is 0 Å². The van der Waals surface area contributed by atoms with Gasteiger partial charge >= 0.3 is 0 Å². The van der Waals surface area contributed by atoms with Crippen LogP contribution in [0.15, 0.2) is 79.1 Å². The van der Waals surface area contributed by atoms with Crippen LogP contribution < -0.4 is 4.74 Å². The first-order chi connectivity index (χ1) is 12.3. The smallest absolute Gasteiger partial charge is 0.148 e. The molecule has 0 saturated carbocycles. The van der Waals surface area contributed by atoms with Gasteiger partial charge in [0, 0.05) is 44.0 Å². The molecule has 5 rings (SSSR count). The van der Waals surface area contributed by atoms with Crippen molar-refractivity contribution in [1.29, 1.82) is 0 Å². The van der Waals surface area contributed by atoms with Gasteiger partial charge in [-0.15, -0.1) is 0 Å². The summed E-state index contributed by atoms with van der Waals surface area (Å²) in [7, 11) is 0. The number of hydrogen-bond acceptors (Lipinski definition) is 2. The summed E-state index contributed by atoms with van der Waals surface area (Å²) in [6.45, 7) is 3.01. The largest absolute Gasteiger partial charge is 0.483 e. The van der Waals surface area contributed by atoms with Crippen LogP contribution in [-0.4, -0.2) is 28.2 Å². The molecule has 126 valence electrons. The fourth-order valence-corrected chi connectivity index (χ4v) is 4.48. The molecule has 25 heavy (non-hydrogen) atoms. The van der Waals surface area contributed by atoms with E-state index in [-0.39, 0.29) is 11.6 Å². The Morgan fingerprint density at radius 2 is 1.68 bits per heavy atom. The minimum absolute atomic E-state index is 0.169. The zero-order chi connectivity index (χ0) is 16.7. The molecule has 0 bridgehead atoms. The number of para-hydroxylation sites is 1. The number of aromatic nitrogens is 1. The van der Waals surface area contributed by atoms with Gasteiger partial charge in [0.15, 0.2) is 0 Å². The lowest BCUT2D eigenvalue weighted by atomic mass is 9.90. The summed E-state index contributed by atoms with van der Waals surface area (Å²) in [6.07, 6.45) is 5.38. The predicted octanol–water partition coefficient (Wildman–Crippen LogP) is 4.11. The van der Waals surface area contributed by atoms with Crippen LogP contribution in [0.25, 0.3) is 0 Å². The summed E-state index contributed by atoms with van der Waals surface area (Å²) in [6, 6.07) is 23.7. The summed E-state index contributed by atoms with van der Waals surface area (Å²) in [4.78, 5) is 2.53. The highest BCUT2D eigenvalue weighted by Crippen LogP contribution is 2.49. The molecule has 2 aromatic carbocycles. The molecule has 3 aromatic rings. The van der Waals surface area contributed by atoms with Crippen LogP contribution in [0.1, 0.15) is 23.6 Å².